The molecule has 5 nitrogen and oxygen atoms in total. The fourth-order valence-corrected chi connectivity index (χ4v) is 4.35. The topological polar surface area (TPSA) is 77.8 Å². The number of nitrogens with zero attached hydrogens (tertiary/aromatic N) is 1. The highest BCUT2D eigenvalue weighted by Crippen LogP contribution is 2.35. The summed E-state index contributed by atoms with van der Waals surface area (Å²) in [6, 6.07) is 3.38. The second-order valence-corrected chi connectivity index (χ2v) is 7.69. The molecule has 1 aromatic carbocycles. The van der Waals surface area contributed by atoms with Gasteiger partial charge in [0.2, 0.25) is 0 Å². The van der Waals surface area contributed by atoms with Gasteiger partial charge in [0, 0.05) is 0 Å². The van der Waals surface area contributed by atoms with Crippen LogP contribution in [0, 0.1) is 3.57 Å². The summed E-state index contributed by atoms with van der Waals surface area (Å²) < 4.78 is 1.37. The molecule has 2 N–H and O–H groups in total. The number of halogens is 2. The minimum Gasteiger partial charge on any atom is -0.506 e. The molecule has 0 aromatic heterocycles. The first kappa shape index (κ1) is 16.7. The SMILES string of the molecule is O=C(O)CN1C(=O)/C(=C/c2cc(Br)c(O)c(I)c2)SC1=S. The molecular formula is C12H7BrINO4S2. The number of hydrogen-bond donors (Lipinski definition) is 2. The lowest BCUT2D eigenvalue weighted by atomic mass is 10.2. The van der Waals surface area contributed by atoms with Gasteiger partial charge in [-0.1, -0.05) is 24.0 Å². The van der Waals surface area contributed by atoms with Gasteiger partial charge in [-0.15, -0.1) is 0 Å². The highest BCUT2D eigenvalue weighted by molar-refractivity contribution is 14.1. The van der Waals surface area contributed by atoms with E-state index in [1.807, 2.05) is 22.6 Å². The molecule has 1 saturated heterocycles. The summed E-state index contributed by atoms with van der Waals surface area (Å²) in [5.41, 5.74) is 0.708. The van der Waals surface area contributed by atoms with Crippen LogP contribution in [0.25, 0.3) is 6.08 Å². The van der Waals surface area contributed by atoms with Gasteiger partial charge in [0.05, 0.1) is 12.9 Å². The average molecular weight is 500 g/mol. The van der Waals surface area contributed by atoms with Crippen molar-refractivity contribution in [1.29, 1.82) is 0 Å². The summed E-state index contributed by atoms with van der Waals surface area (Å²) in [6.45, 7) is -0.446. The number of carboxylic acids is 1. The van der Waals surface area contributed by atoms with Gasteiger partial charge in [-0.25, -0.2) is 0 Å². The normalized spacial score (nSPS) is 16.9. The van der Waals surface area contributed by atoms with Crippen LogP contribution in [0.1, 0.15) is 5.56 Å². The van der Waals surface area contributed by atoms with Crippen molar-refractivity contribution in [2.24, 2.45) is 0 Å². The molecular weight excluding hydrogens is 493 g/mol. The summed E-state index contributed by atoms with van der Waals surface area (Å²) in [4.78, 5) is 24.2. The summed E-state index contributed by atoms with van der Waals surface area (Å²) in [5, 5.41) is 18.5. The van der Waals surface area contributed by atoms with Crippen LogP contribution in [0.5, 0.6) is 5.75 Å². The maximum atomic E-state index is 12.1. The van der Waals surface area contributed by atoms with Crippen LogP contribution in [0.2, 0.25) is 0 Å². The minimum atomic E-state index is -1.12. The molecule has 1 heterocycles. The fourth-order valence-electron chi connectivity index (χ4n) is 1.59. The number of carbonyl (C=O) groups is 2. The van der Waals surface area contributed by atoms with E-state index in [1.54, 1.807) is 18.2 Å². The number of phenolic OH excluding ortho intramolecular Hbond substituents is 1. The molecule has 110 valence electrons. The maximum Gasteiger partial charge on any atom is 0.323 e. The van der Waals surface area contributed by atoms with E-state index >= 15 is 0 Å². The van der Waals surface area contributed by atoms with Crippen LogP contribution in [0.15, 0.2) is 21.5 Å². The van der Waals surface area contributed by atoms with Gasteiger partial charge in [-0.2, -0.15) is 0 Å². The van der Waals surface area contributed by atoms with E-state index in [-0.39, 0.29) is 10.1 Å². The molecule has 1 amide bonds. The van der Waals surface area contributed by atoms with E-state index in [0.717, 1.165) is 16.7 Å². The van der Waals surface area contributed by atoms with E-state index in [2.05, 4.69) is 15.9 Å². The zero-order valence-electron chi connectivity index (χ0n) is 10.2. The quantitative estimate of drug-likeness (QED) is 0.378. The molecule has 0 spiro atoms. The first-order valence-corrected chi connectivity index (χ1v) is 8.54. The molecule has 0 aliphatic carbocycles. The number of carboxylic acid groups (broad SMARTS) is 1. The summed E-state index contributed by atoms with van der Waals surface area (Å²) in [6.07, 6.45) is 1.62. The molecule has 0 atom stereocenters. The second-order valence-electron chi connectivity index (χ2n) is 3.99. The highest BCUT2D eigenvalue weighted by atomic mass is 127. The summed E-state index contributed by atoms with van der Waals surface area (Å²) in [5.74, 6) is -1.41. The van der Waals surface area contributed by atoms with Crippen molar-refractivity contribution in [3.63, 3.8) is 0 Å². The van der Waals surface area contributed by atoms with Crippen molar-refractivity contribution in [3.05, 3.63) is 30.6 Å². The molecule has 0 radical (unpaired) electrons. The fraction of sp³-hybridized carbons (Fsp3) is 0.0833. The monoisotopic (exact) mass is 499 g/mol. The number of amides is 1. The van der Waals surface area contributed by atoms with E-state index in [4.69, 9.17) is 17.3 Å². The number of hydrogen-bond acceptors (Lipinski definition) is 5. The zero-order chi connectivity index (χ0) is 15.7. The number of thioether (sulfide) groups is 1. The van der Waals surface area contributed by atoms with E-state index < -0.39 is 18.4 Å². The van der Waals surface area contributed by atoms with Crippen LogP contribution in [-0.4, -0.2) is 37.9 Å². The Bertz CT molecular complexity index is 669. The molecule has 1 fully saturated rings. The molecule has 1 aliphatic rings. The van der Waals surface area contributed by atoms with Crippen LogP contribution < -0.4 is 0 Å². The third-order valence-corrected chi connectivity index (χ3v) is 5.31. The molecule has 9 heteroatoms. The van der Waals surface area contributed by atoms with Crippen molar-refractivity contribution >= 4 is 84.8 Å². The lowest BCUT2D eigenvalue weighted by molar-refractivity contribution is -0.140. The van der Waals surface area contributed by atoms with Crippen molar-refractivity contribution < 1.29 is 19.8 Å². The number of aliphatic carboxylic acids is 1. The summed E-state index contributed by atoms with van der Waals surface area (Å²) in [7, 11) is 0. The molecule has 1 aliphatic heterocycles. The van der Waals surface area contributed by atoms with Gasteiger partial charge < -0.3 is 10.2 Å². The number of benzene rings is 1. The first-order chi connectivity index (χ1) is 9.79. The van der Waals surface area contributed by atoms with Gasteiger partial charge >= 0.3 is 5.97 Å². The predicted octanol–water partition coefficient (Wildman–Crippen LogP) is 3.05. The van der Waals surface area contributed by atoms with Crippen molar-refractivity contribution in [2.75, 3.05) is 6.54 Å². The van der Waals surface area contributed by atoms with Crippen LogP contribution >= 0.6 is 62.5 Å². The van der Waals surface area contributed by atoms with Crippen LogP contribution in [0.3, 0.4) is 0 Å². The van der Waals surface area contributed by atoms with Crippen LogP contribution in [-0.2, 0) is 9.59 Å². The second kappa shape index (κ2) is 6.63. The molecule has 0 saturated carbocycles. The van der Waals surface area contributed by atoms with Crippen molar-refractivity contribution in [3.8, 4) is 5.75 Å². The van der Waals surface area contributed by atoms with Crippen LogP contribution in [0.4, 0.5) is 0 Å². The average Bonchev–Trinajstić information content (AvgIpc) is 2.63. The number of aromatic hydroxyl groups is 1. The molecule has 0 unspecified atom stereocenters. The van der Waals surface area contributed by atoms with E-state index in [1.165, 1.54) is 0 Å². The van der Waals surface area contributed by atoms with Gasteiger partial charge in [-0.3, -0.25) is 14.5 Å². The minimum absolute atomic E-state index is 0.131. The lowest BCUT2D eigenvalue weighted by Crippen LogP contribution is -2.33. The Kier molecular flexibility index (Phi) is 5.28. The van der Waals surface area contributed by atoms with Gasteiger partial charge in [0.15, 0.2) is 0 Å². The molecule has 0 bridgehead atoms. The van der Waals surface area contributed by atoms with Crippen molar-refractivity contribution in [1.82, 2.24) is 4.90 Å². The zero-order valence-corrected chi connectivity index (χ0v) is 15.5. The largest absolute Gasteiger partial charge is 0.506 e. The smallest absolute Gasteiger partial charge is 0.323 e. The van der Waals surface area contributed by atoms with Crippen molar-refractivity contribution in [2.45, 2.75) is 0 Å². The van der Waals surface area contributed by atoms with E-state index in [9.17, 15) is 14.7 Å². The van der Waals surface area contributed by atoms with Gasteiger partial charge in [-0.05, 0) is 62.3 Å². The Hall–Kier alpha value is -0.650. The summed E-state index contributed by atoms with van der Waals surface area (Å²) >= 11 is 11.3. The Morgan fingerprint density at radius 1 is 1.52 bits per heavy atom. The van der Waals surface area contributed by atoms with E-state index in [0.29, 0.717) is 18.5 Å². The third kappa shape index (κ3) is 3.76. The number of carbonyl (C=O) groups excluding carboxylic acids is 1. The Labute approximate surface area is 151 Å². The number of thiocarbonyl (C=S) groups is 1. The molecule has 21 heavy (non-hydrogen) atoms. The molecule has 1 aromatic rings. The third-order valence-electron chi connectivity index (χ3n) is 2.50. The molecule has 2 rings (SSSR count). The predicted molar refractivity (Wildman–Crippen MR) is 96.0 cm³/mol. The highest BCUT2D eigenvalue weighted by Gasteiger charge is 2.33. The Balaban J connectivity index is 2.33. The van der Waals surface area contributed by atoms with Gasteiger partial charge in [0.1, 0.15) is 16.6 Å². The number of rotatable bonds is 3. The Morgan fingerprint density at radius 3 is 2.76 bits per heavy atom. The maximum absolute atomic E-state index is 12.1. The first-order valence-electron chi connectivity index (χ1n) is 5.44. The number of phenols is 1. The lowest BCUT2D eigenvalue weighted by Gasteiger charge is -2.10. The standard InChI is InChI=1S/C12H7BrINO4S2/c13-6-1-5(2-7(14)10(6)18)3-8-11(19)15(4-9(16)17)12(20)21-8/h1-3,18H,4H2,(H,16,17)/b8-3-. The Morgan fingerprint density at radius 2 is 2.19 bits per heavy atom. The van der Waals surface area contributed by atoms with Gasteiger partial charge in [0.25, 0.3) is 5.91 Å².